The van der Waals surface area contributed by atoms with Crippen LogP contribution in [0.25, 0.3) is 5.57 Å². The summed E-state index contributed by atoms with van der Waals surface area (Å²) in [5.41, 5.74) is 3.44. The van der Waals surface area contributed by atoms with Gasteiger partial charge in [0.05, 0.1) is 35.7 Å². The number of rotatable bonds is 4. The van der Waals surface area contributed by atoms with E-state index in [-0.39, 0.29) is 16.3 Å². The number of hydrogen-bond donors (Lipinski definition) is 1. The van der Waals surface area contributed by atoms with Crippen LogP contribution < -0.4 is 29.8 Å². The number of allylic oxidation sites excluding steroid dienone is 1. The van der Waals surface area contributed by atoms with Gasteiger partial charge >= 0.3 is 0 Å². The van der Waals surface area contributed by atoms with Crippen LogP contribution in [0.4, 0.5) is 11.4 Å². The molecule has 0 bridgehead atoms. The largest absolute Gasteiger partial charge is 0.497 e. The first-order valence-corrected chi connectivity index (χ1v) is 14.0. The fraction of sp³-hybridized carbons (Fsp3) is 0.133. The first kappa shape index (κ1) is 26.0. The van der Waals surface area contributed by atoms with Crippen LogP contribution in [0.2, 0.25) is 0 Å². The van der Waals surface area contributed by atoms with Gasteiger partial charge in [0, 0.05) is 22.8 Å². The van der Waals surface area contributed by atoms with E-state index in [9.17, 15) is 14.4 Å². The maximum atomic E-state index is 14.2. The number of halogens is 1. The van der Waals surface area contributed by atoms with Gasteiger partial charge in [-0.3, -0.25) is 19.0 Å². The number of nitrogens with zero attached hydrogens (tertiary/aromatic N) is 3. The smallest absolute Gasteiger partial charge is 0.271 e. The highest BCUT2D eigenvalue weighted by Gasteiger charge is 2.36. The number of thiazole rings is 1. The first-order valence-electron chi connectivity index (χ1n) is 12.4. The Balaban J connectivity index is 1.61. The van der Waals surface area contributed by atoms with Crippen LogP contribution in [0.5, 0.6) is 5.75 Å². The van der Waals surface area contributed by atoms with Crippen molar-refractivity contribution in [3.05, 3.63) is 119 Å². The number of amides is 2. The molecule has 1 aromatic heterocycles. The van der Waals surface area contributed by atoms with Crippen LogP contribution in [0.1, 0.15) is 24.1 Å². The predicted octanol–water partition coefficient (Wildman–Crippen LogP) is 3.99. The van der Waals surface area contributed by atoms with Gasteiger partial charge < -0.3 is 15.0 Å². The number of anilines is 2. The number of likely N-dealkylation sites (N-methyl/N-ethyl adjacent to an activating group) is 1. The Kier molecular flexibility index (Phi) is 6.52. The summed E-state index contributed by atoms with van der Waals surface area (Å²) in [5, 5.41) is 2.94. The Hall–Kier alpha value is -4.28. The minimum Gasteiger partial charge on any atom is -0.497 e. The predicted molar refractivity (Wildman–Crippen MR) is 158 cm³/mol. The lowest BCUT2D eigenvalue weighted by atomic mass is 9.95. The topological polar surface area (TPSA) is 93.0 Å². The Bertz CT molecular complexity index is 1930. The molecule has 4 aromatic rings. The highest BCUT2D eigenvalue weighted by Crippen LogP contribution is 2.37. The number of carbonyl (C=O) groups is 2. The van der Waals surface area contributed by atoms with Crippen molar-refractivity contribution in [3.8, 4) is 5.75 Å². The maximum Gasteiger partial charge on any atom is 0.271 e. The summed E-state index contributed by atoms with van der Waals surface area (Å²) in [5.74, 6) is -0.0514. The van der Waals surface area contributed by atoms with Crippen molar-refractivity contribution in [1.29, 1.82) is 0 Å². The van der Waals surface area contributed by atoms with E-state index in [1.54, 1.807) is 50.2 Å². The molecule has 2 aliphatic heterocycles. The molecule has 6 rings (SSSR count). The molecule has 3 aromatic carbocycles. The van der Waals surface area contributed by atoms with Crippen LogP contribution in [-0.4, -0.2) is 30.5 Å². The number of nitrogens with one attached hydrogen (secondary N) is 1. The number of para-hydroxylation sites is 1. The average molecular weight is 616 g/mol. The summed E-state index contributed by atoms with van der Waals surface area (Å²) in [7, 11) is 3.25. The molecule has 2 amide bonds. The zero-order chi connectivity index (χ0) is 28.1. The molecule has 200 valence electrons. The fourth-order valence-electron chi connectivity index (χ4n) is 5.12. The summed E-state index contributed by atoms with van der Waals surface area (Å²) < 4.78 is 8.04. The number of fused-ring (bicyclic) bond motifs is 2. The van der Waals surface area contributed by atoms with Gasteiger partial charge in [-0.1, -0.05) is 57.6 Å². The molecule has 0 unspecified atom stereocenters. The normalized spacial score (nSPS) is 17.4. The third-order valence-electron chi connectivity index (χ3n) is 7.02. The number of benzene rings is 3. The lowest BCUT2D eigenvalue weighted by molar-refractivity contribution is -0.113. The molecule has 0 aliphatic carbocycles. The second kappa shape index (κ2) is 10.0. The van der Waals surface area contributed by atoms with Crippen LogP contribution in [0.3, 0.4) is 0 Å². The van der Waals surface area contributed by atoms with Gasteiger partial charge in [0.15, 0.2) is 4.80 Å². The highest BCUT2D eigenvalue weighted by molar-refractivity contribution is 9.10. The van der Waals surface area contributed by atoms with Gasteiger partial charge in [-0.05, 0) is 55.0 Å². The van der Waals surface area contributed by atoms with Crippen molar-refractivity contribution >= 4 is 56.0 Å². The Morgan fingerprint density at radius 3 is 2.58 bits per heavy atom. The van der Waals surface area contributed by atoms with E-state index in [1.807, 2.05) is 48.5 Å². The molecule has 2 aliphatic rings. The maximum absolute atomic E-state index is 14.2. The third-order valence-corrected chi connectivity index (χ3v) is 8.56. The number of aromatic nitrogens is 1. The van der Waals surface area contributed by atoms with E-state index in [1.165, 1.54) is 4.57 Å². The van der Waals surface area contributed by atoms with Gasteiger partial charge in [-0.15, -0.1) is 0 Å². The molecular weight excluding hydrogens is 592 g/mol. The molecule has 0 saturated carbocycles. The Morgan fingerprint density at radius 2 is 1.82 bits per heavy atom. The molecule has 8 nitrogen and oxygen atoms in total. The fourth-order valence-corrected chi connectivity index (χ4v) is 6.62. The lowest BCUT2D eigenvalue weighted by Crippen LogP contribution is -2.41. The summed E-state index contributed by atoms with van der Waals surface area (Å²) in [6.07, 6.45) is 0. The molecular formula is C30H23BrN4O4S. The van der Waals surface area contributed by atoms with Crippen molar-refractivity contribution in [2.75, 3.05) is 24.4 Å². The summed E-state index contributed by atoms with van der Waals surface area (Å²) >= 11 is 4.64. The molecule has 0 radical (unpaired) electrons. The quantitative estimate of drug-likeness (QED) is 0.376. The monoisotopic (exact) mass is 614 g/mol. The molecule has 1 atom stereocenters. The van der Waals surface area contributed by atoms with Crippen molar-refractivity contribution in [1.82, 2.24) is 4.57 Å². The average Bonchev–Trinajstić information content (AvgIpc) is 3.39. The SMILES string of the molecule is COc1cccc([C@H]2C(C(=O)Nc3ccccc3)=C(C)N=c3s/c(=C4\C(=O)N(C)c5ccc(Br)cc54)c(=O)n32)c1. The zero-order valence-electron chi connectivity index (χ0n) is 21.8. The second-order valence-corrected chi connectivity index (χ2v) is 11.3. The van der Waals surface area contributed by atoms with Gasteiger partial charge in [-0.2, -0.15) is 0 Å². The van der Waals surface area contributed by atoms with Crippen molar-refractivity contribution in [2.45, 2.75) is 13.0 Å². The third kappa shape index (κ3) is 4.20. The van der Waals surface area contributed by atoms with E-state index in [4.69, 9.17) is 9.73 Å². The minimum absolute atomic E-state index is 0.269. The summed E-state index contributed by atoms with van der Waals surface area (Å²) in [4.78, 5) is 48.1. The molecule has 0 spiro atoms. The van der Waals surface area contributed by atoms with Crippen molar-refractivity contribution < 1.29 is 14.3 Å². The number of methoxy groups -OCH3 is 1. The van der Waals surface area contributed by atoms with Gasteiger partial charge in [0.25, 0.3) is 17.4 Å². The molecule has 40 heavy (non-hydrogen) atoms. The van der Waals surface area contributed by atoms with Gasteiger partial charge in [0.1, 0.15) is 10.3 Å². The first-order chi connectivity index (χ1) is 19.3. The number of ether oxygens (including phenoxy) is 1. The lowest BCUT2D eigenvalue weighted by Gasteiger charge is -2.25. The van der Waals surface area contributed by atoms with E-state index >= 15 is 0 Å². The van der Waals surface area contributed by atoms with Crippen molar-refractivity contribution in [2.24, 2.45) is 4.99 Å². The van der Waals surface area contributed by atoms with Crippen LogP contribution >= 0.6 is 27.3 Å². The van der Waals surface area contributed by atoms with E-state index < -0.39 is 11.6 Å². The highest BCUT2D eigenvalue weighted by atomic mass is 79.9. The summed E-state index contributed by atoms with van der Waals surface area (Å²) in [6.45, 7) is 1.76. The molecule has 10 heteroatoms. The minimum atomic E-state index is -0.791. The van der Waals surface area contributed by atoms with Crippen LogP contribution in [-0.2, 0) is 9.59 Å². The zero-order valence-corrected chi connectivity index (χ0v) is 24.2. The Labute approximate surface area is 241 Å². The van der Waals surface area contributed by atoms with Crippen LogP contribution in [0.15, 0.2) is 98.3 Å². The standard InChI is InChI=1S/C30H23BrN4O4S/c1-16-23(27(36)33-19-9-5-4-6-10-19)25(17-8-7-11-20(14-17)39-3)35-29(38)26(40-30(35)32-16)24-21-15-18(31)12-13-22(21)34(2)28(24)37/h4-15,25H,1-3H3,(H,33,36)/b26-24-/t25-/m0/s1. The van der Waals surface area contributed by atoms with Crippen molar-refractivity contribution in [3.63, 3.8) is 0 Å². The van der Waals surface area contributed by atoms with Gasteiger partial charge in [-0.25, -0.2) is 4.99 Å². The summed E-state index contributed by atoms with van der Waals surface area (Å²) in [6, 6.07) is 21.1. The number of carbonyl (C=O) groups excluding carboxylic acids is 2. The van der Waals surface area contributed by atoms with E-state index in [2.05, 4.69) is 21.2 Å². The van der Waals surface area contributed by atoms with Gasteiger partial charge in [0.2, 0.25) is 0 Å². The molecule has 0 saturated heterocycles. The molecule has 1 N–H and O–H groups in total. The number of hydrogen-bond acceptors (Lipinski definition) is 6. The molecule has 3 heterocycles. The van der Waals surface area contributed by atoms with Crippen LogP contribution in [0, 0.1) is 0 Å². The molecule has 0 fully saturated rings. The second-order valence-electron chi connectivity index (χ2n) is 9.40. The van der Waals surface area contributed by atoms with E-state index in [0.717, 1.165) is 21.5 Å². The Morgan fingerprint density at radius 1 is 1.05 bits per heavy atom. The van der Waals surface area contributed by atoms with E-state index in [0.29, 0.717) is 44.2 Å².